The lowest BCUT2D eigenvalue weighted by atomic mass is 9.93. The molecule has 2 aromatic carbocycles. The molecule has 5 nitrogen and oxygen atoms in total. The maximum absolute atomic E-state index is 9.56. The fraction of sp³-hybridized carbons (Fsp3) is 0.0526. The maximum atomic E-state index is 9.56. The van der Waals surface area contributed by atoms with Crippen LogP contribution in [0.2, 0.25) is 0 Å². The van der Waals surface area contributed by atoms with Crippen LogP contribution in [0.4, 0.5) is 0 Å². The molecule has 2 heterocycles. The third-order valence-electron chi connectivity index (χ3n) is 4.04. The summed E-state index contributed by atoms with van der Waals surface area (Å²) in [6, 6.07) is 14.0. The lowest BCUT2D eigenvalue weighted by molar-refractivity contribution is 0.948. The van der Waals surface area contributed by atoms with Gasteiger partial charge in [-0.15, -0.1) is 0 Å². The highest BCUT2D eigenvalue weighted by atomic mass is 15.0. The SMILES string of the molecule is Cn1cnc2cc(-c3c(C#N)cccc3-c3cnccn3)ccc21. The molecule has 0 aliphatic heterocycles. The number of rotatable bonds is 2. The number of hydrogen-bond acceptors (Lipinski definition) is 4. The van der Waals surface area contributed by atoms with Gasteiger partial charge >= 0.3 is 0 Å². The van der Waals surface area contributed by atoms with E-state index in [4.69, 9.17) is 0 Å². The highest BCUT2D eigenvalue weighted by Crippen LogP contribution is 2.34. The van der Waals surface area contributed by atoms with E-state index in [1.54, 1.807) is 24.9 Å². The van der Waals surface area contributed by atoms with Crippen molar-refractivity contribution in [2.24, 2.45) is 7.05 Å². The zero-order valence-electron chi connectivity index (χ0n) is 13.0. The molecule has 0 saturated carbocycles. The van der Waals surface area contributed by atoms with E-state index >= 15 is 0 Å². The maximum Gasteiger partial charge on any atom is 0.0998 e. The van der Waals surface area contributed by atoms with Gasteiger partial charge in [0.2, 0.25) is 0 Å². The standard InChI is InChI=1S/C19H13N5/c1-24-12-23-16-9-13(5-6-18(16)24)19-14(10-20)3-2-4-15(19)17-11-21-7-8-22-17/h2-9,11-12H,1H3. The molecule has 0 aliphatic rings. The van der Waals surface area contributed by atoms with Crippen LogP contribution in [0.25, 0.3) is 33.4 Å². The van der Waals surface area contributed by atoms with Gasteiger partial charge in [-0.1, -0.05) is 18.2 Å². The van der Waals surface area contributed by atoms with E-state index in [9.17, 15) is 5.26 Å². The van der Waals surface area contributed by atoms with Gasteiger partial charge in [0.05, 0.1) is 40.9 Å². The van der Waals surface area contributed by atoms with Gasteiger partial charge in [-0.05, 0) is 23.8 Å². The molecule has 0 bridgehead atoms. The monoisotopic (exact) mass is 311 g/mol. The van der Waals surface area contributed by atoms with E-state index in [1.165, 1.54) is 0 Å². The first-order chi connectivity index (χ1) is 11.8. The van der Waals surface area contributed by atoms with Crippen LogP contribution >= 0.6 is 0 Å². The fourth-order valence-electron chi connectivity index (χ4n) is 2.90. The molecule has 0 amide bonds. The number of nitrogens with zero attached hydrogens (tertiary/aromatic N) is 5. The number of nitriles is 1. The molecule has 4 rings (SSSR count). The fourth-order valence-corrected chi connectivity index (χ4v) is 2.90. The van der Waals surface area contributed by atoms with E-state index < -0.39 is 0 Å². The Kier molecular flexibility index (Phi) is 3.29. The summed E-state index contributed by atoms with van der Waals surface area (Å²) in [5.74, 6) is 0. The lowest BCUT2D eigenvalue weighted by Gasteiger charge is -2.11. The second kappa shape index (κ2) is 5.60. The summed E-state index contributed by atoms with van der Waals surface area (Å²) in [5.41, 5.74) is 5.98. The molecule has 0 spiro atoms. The van der Waals surface area contributed by atoms with Crippen LogP contribution in [0.3, 0.4) is 0 Å². The van der Waals surface area contributed by atoms with Crippen molar-refractivity contribution in [3.63, 3.8) is 0 Å². The lowest BCUT2D eigenvalue weighted by Crippen LogP contribution is -1.93. The smallest absolute Gasteiger partial charge is 0.0998 e. The van der Waals surface area contributed by atoms with E-state index in [2.05, 4.69) is 21.0 Å². The molecule has 0 atom stereocenters. The van der Waals surface area contributed by atoms with E-state index in [1.807, 2.05) is 48.0 Å². The van der Waals surface area contributed by atoms with Crippen molar-refractivity contribution in [2.45, 2.75) is 0 Å². The van der Waals surface area contributed by atoms with Gasteiger partial charge in [0.1, 0.15) is 0 Å². The summed E-state index contributed by atoms with van der Waals surface area (Å²) in [5, 5.41) is 9.56. The van der Waals surface area contributed by atoms with Crippen molar-refractivity contribution in [2.75, 3.05) is 0 Å². The summed E-state index contributed by atoms with van der Waals surface area (Å²) < 4.78 is 1.97. The highest BCUT2D eigenvalue weighted by molar-refractivity contribution is 5.90. The van der Waals surface area contributed by atoms with Crippen LogP contribution < -0.4 is 0 Å². The molecule has 0 radical (unpaired) electrons. The van der Waals surface area contributed by atoms with Crippen molar-refractivity contribution in [3.05, 3.63) is 66.9 Å². The minimum Gasteiger partial charge on any atom is -0.334 e. The van der Waals surface area contributed by atoms with E-state index in [0.29, 0.717) is 5.56 Å². The van der Waals surface area contributed by atoms with E-state index in [0.717, 1.165) is 33.4 Å². The topological polar surface area (TPSA) is 67.4 Å². The Hall–Kier alpha value is -3.52. The van der Waals surface area contributed by atoms with Gasteiger partial charge in [0.25, 0.3) is 0 Å². The van der Waals surface area contributed by atoms with Crippen LogP contribution in [-0.2, 0) is 7.05 Å². The first-order valence-electron chi connectivity index (χ1n) is 7.49. The summed E-state index contributed by atoms with van der Waals surface area (Å²) >= 11 is 0. The third-order valence-corrected chi connectivity index (χ3v) is 4.04. The predicted molar refractivity (Wildman–Crippen MR) is 91.9 cm³/mol. The van der Waals surface area contributed by atoms with Crippen LogP contribution in [0.15, 0.2) is 61.3 Å². The summed E-state index contributed by atoms with van der Waals surface area (Å²) in [7, 11) is 1.96. The number of hydrogen-bond donors (Lipinski definition) is 0. The second-order valence-electron chi connectivity index (χ2n) is 5.49. The van der Waals surface area contributed by atoms with Gasteiger partial charge < -0.3 is 4.57 Å². The Morgan fingerprint density at radius 1 is 1.08 bits per heavy atom. The predicted octanol–water partition coefficient (Wildman–Crippen LogP) is 3.57. The average molecular weight is 311 g/mol. The Morgan fingerprint density at radius 2 is 2.00 bits per heavy atom. The largest absolute Gasteiger partial charge is 0.334 e. The number of benzene rings is 2. The summed E-state index contributed by atoms with van der Waals surface area (Å²) in [6.45, 7) is 0. The minimum atomic E-state index is 0.605. The number of imidazole rings is 1. The normalized spacial score (nSPS) is 10.7. The second-order valence-corrected chi connectivity index (χ2v) is 5.49. The van der Waals surface area contributed by atoms with Gasteiger partial charge in [-0.3, -0.25) is 9.97 Å². The first-order valence-corrected chi connectivity index (χ1v) is 7.49. The Bertz CT molecular complexity index is 1070. The average Bonchev–Trinajstić information content (AvgIpc) is 3.02. The molecule has 24 heavy (non-hydrogen) atoms. The molecular weight excluding hydrogens is 298 g/mol. The van der Waals surface area contributed by atoms with Crippen molar-refractivity contribution in [1.29, 1.82) is 5.26 Å². The first kappa shape index (κ1) is 14.1. The van der Waals surface area contributed by atoms with Crippen LogP contribution in [0, 0.1) is 11.3 Å². The van der Waals surface area contributed by atoms with Crippen molar-refractivity contribution < 1.29 is 0 Å². The van der Waals surface area contributed by atoms with Crippen LogP contribution in [-0.4, -0.2) is 19.5 Å². The molecule has 2 aromatic heterocycles. The molecular formula is C19H13N5. The van der Waals surface area contributed by atoms with E-state index in [-0.39, 0.29) is 0 Å². The zero-order valence-corrected chi connectivity index (χ0v) is 13.0. The van der Waals surface area contributed by atoms with Gasteiger partial charge in [0, 0.05) is 30.6 Å². The molecule has 4 aromatic rings. The van der Waals surface area contributed by atoms with Crippen molar-refractivity contribution in [1.82, 2.24) is 19.5 Å². The number of aryl methyl sites for hydroxylation is 1. The minimum absolute atomic E-state index is 0.605. The quantitative estimate of drug-likeness (QED) is 0.567. The molecule has 0 fully saturated rings. The zero-order chi connectivity index (χ0) is 16.5. The Labute approximate surface area is 138 Å². The van der Waals surface area contributed by atoms with Gasteiger partial charge in [-0.25, -0.2) is 4.98 Å². The van der Waals surface area contributed by atoms with Crippen LogP contribution in [0.5, 0.6) is 0 Å². The summed E-state index contributed by atoms with van der Waals surface area (Å²) in [6.07, 6.45) is 6.78. The Morgan fingerprint density at radius 3 is 2.79 bits per heavy atom. The summed E-state index contributed by atoms with van der Waals surface area (Å²) in [4.78, 5) is 12.9. The molecule has 0 aliphatic carbocycles. The highest BCUT2D eigenvalue weighted by Gasteiger charge is 2.14. The molecule has 5 heteroatoms. The number of aromatic nitrogens is 4. The van der Waals surface area contributed by atoms with Crippen LogP contribution in [0.1, 0.15) is 5.56 Å². The van der Waals surface area contributed by atoms with Gasteiger partial charge in [0.15, 0.2) is 0 Å². The molecule has 0 saturated heterocycles. The molecule has 0 unspecified atom stereocenters. The van der Waals surface area contributed by atoms with Crippen molar-refractivity contribution >= 4 is 11.0 Å². The molecule has 114 valence electrons. The van der Waals surface area contributed by atoms with Gasteiger partial charge in [-0.2, -0.15) is 5.26 Å². The number of fused-ring (bicyclic) bond motifs is 1. The van der Waals surface area contributed by atoms with Crippen molar-refractivity contribution in [3.8, 4) is 28.5 Å². The molecule has 0 N–H and O–H groups in total. The third kappa shape index (κ3) is 2.22. The Balaban J connectivity index is 2.00.